The molecule has 1 amide bonds. The van der Waals surface area contributed by atoms with Crippen molar-refractivity contribution in [2.24, 2.45) is 0 Å². The zero-order valence-electron chi connectivity index (χ0n) is 13.8. The molecule has 1 atom stereocenters. The van der Waals surface area contributed by atoms with E-state index in [1.54, 1.807) is 25.1 Å². The first-order chi connectivity index (χ1) is 11.7. The van der Waals surface area contributed by atoms with Crippen LogP contribution in [-0.2, 0) is 9.53 Å². The van der Waals surface area contributed by atoms with Gasteiger partial charge in [-0.2, -0.15) is 5.10 Å². The number of carbonyl (C=O) groups excluding carboxylic acids is 1. The summed E-state index contributed by atoms with van der Waals surface area (Å²) in [5.41, 5.74) is -0.299. The summed E-state index contributed by atoms with van der Waals surface area (Å²) < 4.78 is 6.37. The number of hydrogen-bond acceptors (Lipinski definition) is 4. The molecule has 1 aromatic heterocycles. The van der Waals surface area contributed by atoms with Crippen LogP contribution in [0.1, 0.15) is 23.1 Å². The Morgan fingerprint density at radius 2 is 2.04 bits per heavy atom. The number of carboxylic acids is 1. The summed E-state index contributed by atoms with van der Waals surface area (Å²) in [6.45, 7) is 2.92. The number of halogens is 2. The van der Waals surface area contributed by atoms with E-state index in [1.807, 2.05) is 0 Å². The second-order valence-electron chi connectivity index (χ2n) is 5.70. The number of aryl methyl sites for hydroxylation is 1. The SMILES string of the molecule is COCC(C)(NC(=O)c1cc(C)n(-c2ccc(Cl)cc2Cl)n1)C(=O)O. The minimum absolute atomic E-state index is 0.0621. The molecule has 2 aromatic rings. The molecule has 2 rings (SSSR count). The number of methoxy groups -OCH3 is 1. The van der Waals surface area contributed by atoms with Gasteiger partial charge in [-0.3, -0.25) is 4.79 Å². The van der Waals surface area contributed by atoms with E-state index < -0.39 is 17.4 Å². The first kappa shape index (κ1) is 19.2. The third-order valence-electron chi connectivity index (χ3n) is 3.55. The lowest BCUT2D eigenvalue weighted by Gasteiger charge is -2.24. The van der Waals surface area contributed by atoms with Crippen molar-refractivity contribution in [2.75, 3.05) is 13.7 Å². The second kappa shape index (κ2) is 7.43. The van der Waals surface area contributed by atoms with Crippen molar-refractivity contribution in [3.63, 3.8) is 0 Å². The van der Waals surface area contributed by atoms with E-state index in [9.17, 15) is 14.7 Å². The highest BCUT2D eigenvalue weighted by molar-refractivity contribution is 6.35. The Hall–Kier alpha value is -2.09. The third kappa shape index (κ3) is 4.12. The molecule has 0 saturated heterocycles. The molecule has 25 heavy (non-hydrogen) atoms. The van der Waals surface area contributed by atoms with Crippen molar-refractivity contribution in [3.8, 4) is 5.69 Å². The van der Waals surface area contributed by atoms with Crippen molar-refractivity contribution in [1.29, 1.82) is 0 Å². The number of nitrogens with one attached hydrogen (secondary N) is 1. The molecular formula is C16H17Cl2N3O4. The first-order valence-electron chi connectivity index (χ1n) is 7.25. The van der Waals surface area contributed by atoms with Crippen LogP contribution in [0.5, 0.6) is 0 Å². The molecule has 9 heteroatoms. The van der Waals surface area contributed by atoms with Crippen LogP contribution >= 0.6 is 23.2 Å². The number of carboxylic acid groups (broad SMARTS) is 1. The average Bonchev–Trinajstić information content (AvgIpc) is 2.89. The molecule has 1 unspecified atom stereocenters. The van der Waals surface area contributed by atoms with Crippen molar-refractivity contribution in [1.82, 2.24) is 15.1 Å². The Morgan fingerprint density at radius 3 is 2.60 bits per heavy atom. The molecule has 0 radical (unpaired) electrons. The maximum Gasteiger partial charge on any atom is 0.331 e. The van der Waals surface area contributed by atoms with Crippen LogP contribution in [0, 0.1) is 6.92 Å². The van der Waals surface area contributed by atoms with Gasteiger partial charge in [-0.1, -0.05) is 23.2 Å². The van der Waals surface area contributed by atoms with Gasteiger partial charge in [0.2, 0.25) is 0 Å². The Balaban J connectivity index is 2.33. The third-order valence-corrected chi connectivity index (χ3v) is 4.09. The average molecular weight is 386 g/mol. The summed E-state index contributed by atoms with van der Waals surface area (Å²) in [7, 11) is 1.36. The fourth-order valence-corrected chi connectivity index (χ4v) is 2.73. The minimum Gasteiger partial charge on any atom is -0.479 e. The number of nitrogens with zero attached hydrogens (tertiary/aromatic N) is 2. The molecule has 0 aliphatic heterocycles. The van der Waals surface area contributed by atoms with Crippen LogP contribution in [0.3, 0.4) is 0 Å². The quantitative estimate of drug-likeness (QED) is 0.796. The van der Waals surface area contributed by atoms with Crippen LogP contribution in [0.2, 0.25) is 10.0 Å². The van der Waals surface area contributed by atoms with Gasteiger partial charge in [0.1, 0.15) is 0 Å². The van der Waals surface area contributed by atoms with Crippen LogP contribution in [0.4, 0.5) is 0 Å². The van der Waals surface area contributed by atoms with Crippen LogP contribution in [0.15, 0.2) is 24.3 Å². The maximum atomic E-state index is 12.4. The summed E-state index contributed by atoms with van der Waals surface area (Å²) in [5, 5.41) is 16.8. The highest BCUT2D eigenvalue weighted by Gasteiger charge is 2.36. The van der Waals surface area contributed by atoms with Gasteiger partial charge in [0, 0.05) is 17.8 Å². The van der Waals surface area contributed by atoms with E-state index in [1.165, 1.54) is 24.8 Å². The number of carbonyl (C=O) groups is 2. The van der Waals surface area contributed by atoms with E-state index in [-0.39, 0.29) is 12.3 Å². The van der Waals surface area contributed by atoms with Gasteiger partial charge in [0.15, 0.2) is 11.2 Å². The lowest BCUT2D eigenvalue weighted by Crippen LogP contribution is -2.55. The number of aliphatic carboxylic acids is 1. The van der Waals surface area contributed by atoms with Crippen LogP contribution < -0.4 is 5.32 Å². The van der Waals surface area contributed by atoms with E-state index in [0.29, 0.717) is 21.4 Å². The van der Waals surface area contributed by atoms with Gasteiger partial charge in [0.05, 0.1) is 17.3 Å². The molecule has 2 N–H and O–H groups in total. The zero-order chi connectivity index (χ0) is 18.8. The predicted molar refractivity (Wildman–Crippen MR) is 93.7 cm³/mol. The largest absolute Gasteiger partial charge is 0.479 e. The van der Waals surface area contributed by atoms with Gasteiger partial charge in [-0.25, -0.2) is 9.48 Å². The zero-order valence-corrected chi connectivity index (χ0v) is 15.4. The number of hydrogen-bond donors (Lipinski definition) is 2. The molecule has 0 aliphatic carbocycles. The molecule has 7 nitrogen and oxygen atoms in total. The Bertz CT molecular complexity index is 822. The maximum absolute atomic E-state index is 12.4. The summed E-state index contributed by atoms with van der Waals surface area (Å²) in [6.07, 6.45) is 0. The second-order valence-corrected chi connectivity index (χ2v) is 6.55. The molecule has 0 bridgehead atoms. The van der Waals surface area contributed by atoms with Gasteiger partial charge in [-0.15, -0.1) is 0 Å². The van der Waals surface area contributed by atoms with Crippen molar-refractivity contribution in [3.05, 3.63) is 45.7 Å². The number of ether oxygens (including phenoxy) is 1. The summed E-state index contributed by atoms with van der Waals surface area (Å²) in [4.78, 5) is 23.8. The molecule has 0 spiro atoms. The lowest BCUT2D eigenvalue weighted by atomic mass is 10.0. The van der Waals surface area contributed by atoms with Gasteiger partial charge in [0.25, 0.3) is 5.91 Å². The molecular weight excluding hydrogens is 369 g/mol. The number of amides is 1. The fraction of sp³-hybridized carbons (Fsp3) is 0.312. The van der Waals surface area contributed by atoms with E-state index in [2.05, 4.69) is 10.4 Å². The summed E-state index contributed by atoms with van der Waals surface area (Å²) >= 11 is 12.1. The van der Waals surface area contributed by atoms with Crippen molar-refractivity contribution in [2.45, 2.75) is 19.4 Å². The number of aromatic nitrogens is 2. The fourth-order valence-electron chi connectivity index (χ4n) is 2.24. The number of benzene rings is 1. The van der Waals surface area contributed by atoms with Crippen LogP contribution in [0.25, 0.3) is 5.69 Å². The lowest BCUT2D eigenvalue weighted by molar-refractivity contribution is -0.145. The Morgan fingerprint density at radius 1 is 1.36 bits per heavy atom. The summed E-state index contributed by atoms with van der Waals surface area (Å²) in [6, 6.07) is 6.44. The summed E-state index contributed by atoms with van der Waals surface area (Å²) in [5.74, 6) is -1.84. The topological polar surface area (TPSA) is 93.5 Å². The molecule has 0 fully saturated rings. The van der Waals surface area contributed by atoms with Gasteiger partial charge in [-0.05, 0) is 38.1 Å². The van der Waals surface area contributed by atoms with Gasteiger partial charge < -0.3 is 15.2 Å². The molecule has 0 saturated carbocycles. The smallest absolute Gasteiger partial charge is 0.331 e. The van der Waals surface area contributed by atoms with E-state index in [4.69, 9.17) is 27.9 Å². The standard InChI is InChI=1S/C16H17Cl2N3O4/c1-9-6-12(14(22)19-16(2,8-25-3)15(23)24)20-21(9)13-5-4-10(17)7-11(13)18/h4-7H,8H2,1-3H3,(H,19,22)(H,23,24). The molecule has 0 aliphatic rings. The Kier molecular flexibility index (Phi) is 5.72. The number of rotatable bonds is 6. The highest BCUT2D eigenvalue weighted by atomic mass is 35.5. The molecule has 1 aromatic carbocycles. The van der Waals surface area contributed by atoms with E-state index in [0.717, 1.165) is 0 Å². The van der Waals surface area contributed by atoms with E-state index >= 15 is 0 Å². The van der Waals surface area contributed by atoms with Crippen molar-refractivity contribution >= 4 is 35.1 Å². The van der Waals surface area contributed by atoms with Gasteiger partial charge >= 0.3 is 5.97 Å². The monoisotopic (exact) mass is 385 g/mol. The normalized spacial score (nSPS) is 13.3. The Labute approximate surface area is 154 Å². The molecule has 1 heterocycles. The van der Waals surface area contributed by atoms with Crippen molar-refractivity contribution < 1.29 is 19.4 Å². The minimum atomic E-state index is -1.57. The van der Waals surface area contributed by atoms with Crippen LogP contribution in [-0.4, -0.2) is 46.0 Å². The predicted octanol–water partition coefficient (Wildman–Crippen LogP) is 2.71. The first-order valence-corrected chi connectivity index (χ1v) is 8.00. The molecule has 134 valence electrons. The highest BCUT2D eigenvalue weighted by Crippen LogP contribution is 2.25.